The minimum absolute atomic E-state index is 0.0875. The van der Waals surface area contributed by atoms with Gasteiger partial charge in [0.05, 0.1) is 25.8 Å². The fourth-order valence-corrected chi connectivity index (χ4v) is 2.70. The minimum atomic E-state index is -0.355. The smallest absolute Gasteiger partial charge is 0.227 e. The quantitative estimate of drug-likeness (QED) is 0.722. The van der Waals surface area contributed by atoms with Crippen LogP contribution in [0.25, 0.3) is 0 Å². The maximum atomic E-state index is 12.3. The third kappa shape index (κ3) is 4.17. The molecule has 1 heterocycles. The lowest BCUT2D eigenvalue weighted by Crippen LogP contribution is -2.33. The summed E-state index contributed by atoms with van der Waals surface area (Å²) in [7, 11) is 4.73. The maximum absolute atomic E-state index is 12.3. The van der Waals surface area contributed by atoms with E-state index in [1.165, 1.54) is 0 Å². The summed E-state index contributed by atoms with van der Waals surface area (Å²) < 4.78 is 15.5. The van der Waals surface area contributed by atoms with Crippen LogP contribution < -0.4 is 19.7 Å². The highest BCUT2D eigenvalue weighted by molar-refractivity contribution is 6.01. The van der Waals surface area contributed by atoms with Crippen molar-refractivity contribution >= 4 is 17.5 Å². The molecule has 1 aliphatic heterocycles. The van der Waals surface area contributed by atoms with Gasteiger partial charge in [-0.3, -0.25) is 9.59 Å². The summed E-state index contributed by atoms with van der Waals surface area (Å²) in [4.78, 5) is 26.1. The van der Waals surface area contributed by atoms with E-state index < -0.39 is 0 Å². The molecule has 0 unspecified atom stereocenters. The number of anilines is 1. The van der Waals surface area contributed by atoms with E-state index in [9.17, 15) is 9.59 Å². The number of methoxy groups -OCH3 is 3. The first-order chi connectivity index (χ1) is 11.6. The Kier molecular flexibility index (Phi) is 6.43. The molecule has 1 aliphatic rings. The van der Waals surface area contributed by atoms with Crippen LogP contribution in [0, 0.1) is 5.92 Å². The van der Waals surface area contributed by atoms with Crippen LogP contribution in [0.1, 0.15) is 12.8 Å². The van der Waals surface area contributed by atoms with Crippen molar-refractivity contribution in [3.63, 3.8) is 0 Å². The van der Waals surface area contributed by atoms with Crippen molar-refractivity contribution in [1.29, 1.82) is 0 Å². The molecule has 1 atom stereocenters. The van der Waals surface area contributed by atoms with Gasteiger partial charge in [0.25, 0.3) is 0 Å². The normalized spacial score (nSPS) is 17.0. The van der Waals surface area contributed by atoms with E-state index in [-0.39, 0.29) is 24.2 Å². The molecule has 1 N–H and O–H groups in total. The molecular weight excluding hydrogens is 312 g/mol. The average Bonchev–Trinajstić information content (AvgIpc) is 2.99. The van der Waals surface area contributed by atoms with E-state index in [0.717, 1.165) is 6.42 Å². The second kappa shape index (κ2) is 8.54. The first-order valence-corrected chi connectivity index (χ1v) is 7.89. The minimum Gasteiger partial charge on any atom is -0.497 e. The van der Waals surface area contributed by atoms with E-state index in [1.54, 1.807) is 44.4 Å². The van der Waals surface area contributed by atoms with Gasteiger partial charge in [0, 0.05) is 39.3 Å². The second-order valence-electron chi connectivity index (χ2n) is 5.58. The van der Waals surface area contributed by atoms with Crippen LogP contribution >= 0.6 is 0 Å². The zero-order valence-corrected chi connectivity index (χ0v) is 14.3. The maximum Gasteiger partial charge on any atom is 0.227 e. The summed E-state index contributed by atoms with van der Waals surface area (Å²) in [5.74, 6) is 0.648. The van der Waals surface area contributed by atoms with Gasteiger partial charge in [-0.2, -0.15) is 0 Å². The second-order valence-corrected chi connectivity index (χ2v) is 5.58. The van der Waals surface area contributed by atoms with E-state index in [2.05, 4.69) is 5.32 Å². The van der Waals surface area contributed by atoms with Gasteiger partial charge < -0.3 is 24.4 Å². The SMILES string of the molecule is COCCCNC(=O)[C@H]1CC(=O)N(c2ccc(OC)cc2OC)C1. The topological polar surface area (TPSA) is 77.1 Å². The summed E-state index contributed by atoms with van der Waals surface area (Å²) in [6, 6.07) is 5.26. The largest absolute Gasteiger partial charge is 0.497 e. The summed E-state index contributed by atoms with van der Waals surface area (Å²) in [6.07, 6.45) is 0.949. The Morgan fingerprint density at radius 3 is 2.75 bits per heavy atom. The van der Waals surface area contributed by atoms with Gasteiger partial charge in [-0.1, -0.05) is 0 Å². The zero-order chi connectivity index (χ0) is 17.5. The number of amides is 2. The lowest BCUT2D eigenvalue weighted by Gasteiger charge is -2.20. The van der Waals surface area contributed by atoms with Crippen LogP contribution in [0.4, 0.5) is 5.69 Å². The number of nitrogens with one attached hydrogen (secondary N) is 1. The van der Waals surface area contributed by atoms with Crippen molar-refractivity contribution in [2.75, 3.05) is 45.9 Å². The molecule has 7 nitrogen and oxygen atoms in total. The number of rotatable bonds is 8. The number of carbonyl (C=O) groups excluding carboxylic acids is 2. The molecular formula is C17H24N2O5. The van der Waals surface area contributed by atoms with E-state index in [4.69, 9.17) is 14.2 Å². The predicted molar refractivity (Wildman–Crippen MR) is 89.5 cm³/mol. The Morgan fingerprint density at radius 1 is 1.29 bits per heavy atom. The molecule has 24 heavy (non-hydrogen) atoms. The van der Waals surface area contributed by atoms with Gasteiger partial charge in [0.1, 0.15) is 11.5 Å². The molecule has 1 fully saturated rings. The fourth-order valence-electron chi connectivity index (χ4n) is 2.70. The molecule has 0 spiro atoms. The average molecular weight is 336 g/mol. The Morgan fingerprint density at radius 2 is 2.08 bits per heavy atom. The Labute approximate surface area is 141 Å². The van der Waals surface area contributed by atoms with Crippen LogP contribution in [0.3, 0.4) is 0 Å². The molecule has 1 aromatic rings. The Balaban J connectivity index is 2.03. The molecule has 2 rings (SSSR count). The van der Waals surface area contributed by atoms with Crippen LogP contribution in [-0.2, 0) is 14.3 Å². The highest BCUT2D eigenvalue weighted by Crippen LogP contribution is 2.35. The van der Waals surface area contributed by atoms with Crippen molar-refractivity contribution in [3.8, 4) is 11.5 Å². The van der Waals surface area contributed by atoms with Crippen molar-refractivity contribution < 1.29 is 23.8 Å². The first-order valence-electron chi connectivity index (χ1n) is 7.89. The number of hydrogen-bond donors (Lipinski definition) is 1. The molecule has 0 aromatic heterocycles. The molecule has 132 valence electrons. The first kappa shape index (κ1) is 18.1. The molecule has 2 amide bonds. The fraction of sp³-hybridized carbons (Fsp3) is 0.529. The molecule has 1 saturated heterocycles. The van der Waals surface area contributed by atoms with Gasteiger partial charge >= 0.3 is 0 Å². The number of carbonyl (C=O) groups is 2. The van der Waals surface area contributed by atoms with E-state index in [0.29, 0.717) is 36.9 Å². The number of benzene rings is 1. The molecule has 0 radical (unpaired) electrons. The summed E-state index contributed by atoms with van der Waals surface area (Å²) >= 11 is 0. The van der Waals surface area contributed by atoms with E-state index >= 15 is 0 Å². The van der Waals surface area contributed by atoms with Gasteiger partial charge in [-0.25, -0.2) is 0 Å². The monoisotopic (exact) mass is 336 g/mol. The van der Waals surface area contributed by atoms with E-state index in [1.807, 2.05) is 0 Å². The molecule has 1 aromatic carbocycles. The lowest BCUT2D eigenvalue weighted by molar-refractivity contribution is -0.126. The van der Waals surface area contributed by atoms with Crippen LogP contribution in [0.5, 0.6) is 11.5 Å². The third-order valence-corrected chi connectivity index (χ3v) is 4.00. The third-order valence-electron chi connectivity index (χ3n) is 4.00. The Bertz CT molecular complexity index is 590. The highest BCUT2D eigenvalue weighted by atomic mass is 16.5. The molecule has 0 bridgehead atoms. The van der Waals surface area contributed by atoms with Crippen LogP contribution in [0.2, 0.25) is 0 Å². The summed E-state index contributed by atoms with van der Waals surface area (Å²) in [5.41, 5.74) is 0.651. The van der Waals surface area contributed by atoms with Gasteiger partial charge in [-0.05, 0) is 18.6 Å². The predicted octanol–water partition coefficient (Wildman–Crippen LogP) is 1.21. The molecule has 0 aliphatic carbocycles. The highest BCUT2D eigenvalue weighted by Gasteiger charge is 2.36. The zero-order valence-electron chi connectivity index (χ0n) is 14.3. The van der Waals surface area contributed by atoms with Gasteiger partial charge in [0.2, 0.25) is 11.8 Å². The van der Waals surface area contributed by atoms with Crippen LogP contribution in [-0.4, -0.2) is 52.8 Å². The van der Waals surface area contributed by atoms with Gasteiger partial charge in [0.15, 0.2) is 0 Å². The molecule has 7 heteroatoms. The number of ether oxygens (including phenoxy) is 3. The van der Waals surface area contributed by atoms with Crippen molar-refractivity contribution in [2.24, 2.45) is 5.92 Å². The lowest BCUT2D eigenvalue weighted by atomic mass is 10.1. The van der Waals surface area contributed by atoms with Crippen molar-refractivity contribution in [2.45, 2.75) is 12.8 Å². The van der Waals surface area contributed by atoms with Crippen LogP contribution in [0.15, 0.2) is 18.2 Å². The van der Waals surface area contributed by atoms with Crippen molar-refractivity contribution in [1.82, 2.24) is 5.32 Å². The number of nitrogens with zero attached hydrogens (tertiary/aromatic N) is 1. The standard InChI is InChI=1S/C17H24N2O5/c1-22-8-4-7-18-17(21)12-9-16(20)19(11-12)14-6-5-13(23-2)10-15(14)24-3/h5-6,10,12H,4,7-9,11H2,1-3H3,(H,18,21)/t12-/m0/s1. The van der Waals surface area contributed by atoms with Crippen molar-refractivity contribution in [3.05, 3.63) is 18.2 Å². The van der Waals surface area contributed by atoms with Gasteiger partial charge in [-0.15, -0.1) is 0 Å². The molecule has 0 saturated carbocycles. The summed E-state index contributed by atoms with van der Waals surface area (Å²) in [6.45, 7) is 1.49. The summed E-state index contributed by atoms with van der Waals surface area (Å²) in [5, 5.41) is 2.85. The number of hydrogen-bond acceptors (Lipinski definition) is 5. The Hall–Kier alpha value is -2.28.